The first-order valence-electron chi connectivity index (χ1n) is 7.35. The van der Waals surface area contributed by atoms with Gasteiger partial charge in [0.1, 0.15) is 5.82 Å². The number of aromatic nitrogens is 2. The maximum Gasteiger partial charge on any atom is 0.111 e. The molecule has 104 valence electrons. The summed E-state index contributed by atoms with van der Waals surface area (Å²) < 4.78 is 2.20. The summed E-state index contributed by atoms with van der Waals surface area (Å²) in [5.74, 6) is 1.10. The number of hydrogen-bond donors (Lipinski definition) is 1. The highest BCUT2D eigenvalue weighted by Gasteiger charge is 2.11. The van der Waals surface area contributed by atoms with E-state index in [1.54, 1.807) is 0 Å². The van der Waals surface area contributed by atoms with Crippen molar-refractivity contribution >= 4 is 11.0 Å². The van der Waals surface area contributed by atoms with E-state index < -0.39 is 0 Å². The van der Waals surface area contributed by atoms with Gasteiger partial charge in [0.2, 0.25) is 0 Å². The summed E-state index contributed by atoms with van der Waals surface area (Å²) in [6.07, 6.45) is 5.36. The zero-order valence-electron chi connectivity index (χ0n) is 12.3. The summed E-state index contributed by atoms with van der Waals surface area (Å²) >= 11 is 0. The summed E-state index contributed by atoms with van der Waals surface area (Å²) in [5.41, 5.74) is 9.83. The lowest BCUT2D eigenvalue weighted by Crippen LogP contribution is -2.24. The maximum absolute atomic E-state index is 6.13. The lowest BCUT2D eigenvalue weighted by Gasteiger charge is -2.09. The minimum atomic E-state index is 0.218. The van der Waals surface area contributed by atoms with Crippen molar-refractivity contribution in [1.82, 2.24) is 9.55 Å². The van der Waals surface area contributed by atoms with Crippen molar-refractivity contribution in [3.8, 4) is 0 Å². The Hall–Kier alpha value is -1.35. The molecular formula is C16H25N3. The highest BCUT2D eigenvalue weighted by Crippen LogP contribution is 2.19. The van der Waals surface area contributed by atoms with Crippen molar-refractivity contribution in [1.29, 1.82) is 0 Å². The van der Waals surface area contributed by atoms with Crippen LogP contribution in [0.4, 0.5) is 0 Å². The molecule has 0 aliphatic carbocycles. The number of imidazole rings is 1. The van der Waals surface area contributed by atoms with E-state index in [4.69, 9.17) is 10.7 Å². The molecule has 2 rings (SSSR count). The van der Waals surface area contributed by atoms with Crippen LogP contribution in [0.25, 0.3) is 11.0 Å². The third-order valence-electron chi connectivity index (χ3n) is 3.68. The predicted octanol–water partition coefficient (Wildman–Crippen LogP) is 3.20. The van der Waals surface area contributed by atoms with E-state index >= 15 is 0 Å². The van der Waals surface area contributed by atoms with Crippen molar-refractivity contribution in [2.75, 3.05) is 0 Å². The number of nitrogens with zero attached hydrogens (tertiary/aromatic N) is 2. The lowest BCUT2D eigenvalue weighted by atomic mass is 10.1. The summed E-state index contributed by atoms with van der Waals surface area (Å²) in [7, 11) is 2.10. The minimum Gasteiger partial charge on any atom is -0.331 e. The Balaban J connectivity index is 2.28. The SMILES string of the molecule is CCCc1ccc2nc(CC(N)CCC)n(C)c2c1. The molecule has 0 saturated carbocycles. The second-order valence-electron chi connectivity index (χ2n) is 5.41. The summed E-state index contributed by atoms with van der Waals surface area (Å²) in [5, 5.41) is 0. The van der Waals surface area contributed by atoms with Crippen LogP contribution in [0.1, 0.15) is 44.5 Å². The first-order valence-corrected chi connectivity index (χ1v) is 7.35. The molecule has 1 unspecified atom stereocenters. The van der Waals surface area contributed by atoms with Gasteiger partial charge < -0.3 is 10.3 Å². The average molecular weight is 259 g/mol. The van der Waals surface area contributed by atoms with E-state index in [9.17, 15) is 0 Å². The Morgan fingerprint density at radius 3 is 2.74 bits per heavy atom. The van der Waals surface area contributed by atoms with Gasteiger partial charge in [-0.3, -0.25) is 0 Å². The molecule has 3 heteroatoms. The fraction of sp³-hybridized carbons (Fsp3) is 0.562. The molecule has 1 heterocycles. The number of hydrogen-bond acceptors (Lipinski definition) is 2. The topological polar surface area (TPSA) is 43.8 Å². The smallest absolute Gasteiger partial charge is 0.111 e. The molecule has 2 aromatic rings. The molecule has 1 aromatic heterocycles. The fourth-order valence-electron chi connectivity index (χ4n) is 2.62. The Morgan fingerprint density at radius 1 is 1.26 bits per heavy atom. The van der Waals surface area contributed by atoms with E-state index in [0.29, 0.717) is 0 Å². The highest BCUT2D eigenvalue weighted by atomic mass is 15.1. The zero-order valence-corrected chi connectivity index (χ0v) is 12.3. The lowest BCUT2D eigenvalue weighted by molar-refractivity contribution is 0.576. The van der Waals surface area contributed by atoms with Gasteiger partial charge >= 0.3 is 0 Å². The molecule has 19 heavy (non-hydrogen) atoms. The molecular weight excluding hydrogens is 234 g/mol. The van der Waals surface area contributed by atoms with E-state index in [-0.39, 0.29) is 6.04 Å². The quantitative estimate of drug-likeness (QED) is 0.865. The van der Waals surface area contributed by atoms with Crippen molar-refractivity contribution in [2.45, 2.75) is 52.0 Å². The van der Waals surface area contributed by atoms with Crippen LogP contribution in [0.5, 0.6) is 0 Å². The molecule has 3 nitrogen and oxygen atoms in total. The number of rotatable bonds is 6. The van der Waals surface area contributed by atoms with Gasteiger partial charge in [-0.05, 0) is 30.5 Å². The third-order valence-corrected chi connectivity index (χ3v) is 3.68. The van der Waals surface area contributed by atoms with Gasteiger partial charge in [0.25, 0.3) is 0 Å². The van der Waals surface area contributed by atoms with Crippen LogP contribution in [-0.4, -0.2) is 15.6 Å². The third kappa shape index (κ3) is 3.16. The number of benzene rings is 1. The van der Waals surface area contributed by atoms with Crippen molar-refractivity contribution in [2.24, 2.45) is 12.8 Å². The van der Waals surface area contributed by atoms with Gasteiger partial charge in [0, 0.05) is 19.5 Å². The largest absolute Gasteiger partial charge is 0.331 e. The van der Waals surface area contributed by atoms with Gasteiger partial charge in [-0.25, -0.2) is 4.98 Å². The van der Waals surface area contributed by atoms with Crippen LogP contribution in [0.2, 0.25) is 0 Å². The Bertz CT molecular complexity index is 542. The van der Waals surface area contributed by atoms with E-state index in [1.807, 2.05) is 0 Å². The first-order chi connectivity index (χ1) is 9.15. The predicted molar refractivity (Wildman–Crippen MR) is 81.3 cm³/mol. The van der Waals surface area contributed by atoms with Crippen LogP contribution in [0.15, 0.2) is 18.2 Å². The Labute approximate surface area is 115 Å². The highest BCUT2D eigenvalue weighted by molar-refractivity contribution is 5.76. The monoisotopic (exact) mass is 259 g/mol. The number of aryl methyl sites for hydroxylation is 2. The van der Waals surface area contributed by atoms with Gasteiger partial charge in [-0.2, -0.15) is 0 Å². The number of nitrogens with two attached hydrogens (primary N) is 1. The van der Waals surface area contributed by atoms with Crippen LogP contribution >= 0.6 is 0 Å². The molecule has 0 spiro atoms. The fourth-order valence-corrected chi connectivity index (χ4v) is 2.62. The van der Waals surface area contributed by atoms with Crippen LogP contribution in [0, 0.1) is 0 Å². The van der Waals surface area contributed by atoms with Crippen molar-refractivity contribution in [3.63, 3.8) is 0 Å². The van der Waals surface area contributed by atoms with E-state index in [2.05, 4.69) is 43.7 Å². The van der Waals surface area contributed by atoms with Gasteiger partial charge in [0.05, 0.1) is 11.0 Å². The summed E-state index contributed by atoms with van der Waals surface area (Å²) in [6, 6.07) is 6.81. The first kappa shape index (κ1) is 14.1. The molecule has 1 aromatic carbocycles. The maximum atomic E-state index is 6.13. The van der Waals surface area contributed by atoms with Crippen LogP contribution in [-0.2, 0) is 19.9 Å². The summed E-state index contributed by atoms with van der Waals surface area (Å²) in [6.45, 7) is 4.38. The molecule has 0 saturated heterocycles. The molecule has 0 bridgehead atoms. The van der Waals surface area contributed by atoms with Gasteiger partial charge in [0.15, 0.2) is 0 Å². The van der Waals surface area contributed by atoms with Crippen molar-refractivity contribution in [3.05, 3.63) is 29.6 Å². The van der Waals surface area contributed by atoms with Gasteiger partial charge in [-0.1, -0.05) is 32.8 Å². The van der Waals surface area contributed by atoms with Crippen LogP contribution < -0.4 is 5.73 Å². The molecule has 2 N–H and O–H groups in total. The molecule has 0 aliphatic heterocycles. The summed E-state index contributed by atoms with van der Waals surface area (Å²) in [4.78, 5) is 4.72. The molecule has 0 radical (unpaired) electrons. The average Bonchev–Trinajstić information content (AvgIpc) is 2.67. The molecule has 0 fully saturated rings. The molecule has 0 aliphatic rings. The Kier molecular flexibility index (Phi) is 4.59. The molecule has 0 amide bonds. The van der Waals surface area contributed by atoms with Gasteiger partial charge in [-0.15, -0.1) is 0 Å². The second kappa shape index (κ2) is 6.20. The standard InChI is InChI=1S/C16H25N3/c1-4-6-12-8-9-14-15(10-12)19(3)16(18-14)11-13(17)7-5-2/h8-10,13H,4-7,11,17H2,1-3H3. The van der Waals surface area contributed by atoms with Crippen molar-refractivity contribution < 1.29 is 0 Å². The Morgan fingerprint density at radius 2 is 2.05 bits per heavy atom. The zero-order chi connectivity index (χ0) is 13.8. The van der Waals surface area contributed by atoms with E-state index in [0.717, 1.165) is 37.0 Å². The normalized spacial score (nSPS) is 13.1. The van der Waals surface area contributed by atoms with E-state index in [1.165, 1.54) is 17.5 Å². The second-order valence-corrected chi connectivity index (χ2v) is 5.41. The van der Waals surface area contributed by atoms with Crippen LogP contribution in [0.3, 0.4) is 0 Å². The minimum absolute atomic E-state index is 0.218. The number of fused-ring (bicyclic) bond motifs is 1. The molecule has 1 atom stereocenters.